The highest BCUT2D eigenvalue weighted by atomic mass is 16.1. The molecule has 0 unspecified atom stereocenters. The van der Waals surface area contributed by atoms with Gasteiger partial charge in [-0.15, -0.1) is 0 Å². The van der Waals surface area contributed by atoms with Gasteiger partial charge in [-0.25, -0.2) is 4.68 Å². The number of carbonyl (C=O) groups excluding carboxylic acids is 2. The number of fused-ring (bicyclic) bond motifs is 1. The van der Waals surface area contributed by atoms with Crippen molar-refractivity contribution in [2.45, 2.75) is 31.7 Å². The van der Waals surface area contributed by atoms with E-state index in [1.165, 1.54) is 17.2 Å². The fraction of sp³-hybridized carbons (Fsp3) is 0.208. The Morgan fingerprint density at radius 1 is 1.16 bits per heavy atom. The maximum absolute atomic E-state index is 12.3. The predicted molar refractivity (Wildman–Crippen MR) is 121 cm³/mol. The fourth-order valence-corrected chi connectivity index (χ4v) is 4.21. The summed E-state index contributed by atoms with van der Waals surface area (Å²) in [7, 11) is 0. The predicted octanol–water partition coefficient (Wildman–Crippen LogP) is 3.01. The maximum Gasteiger partial charge on any atom is 0.254 e. The van der Waals surface area contributed by atoms with E-state index in [1.807, 2.05) is 30.3 Å². The molecule has 4 rings (SSSR count). The molecule has 1 atom stereocenters. The van der Waals surface area contributed by atoms with Gasteiger partial charge in [0.05, 0.1) is 12.2 Å². The van der Waals surface area contributed by atoms with Crippen molar-refractivity contribution in [3.63, 3.8) is 0 Å². The second-order valence-corrected chi connectivity index (χ2v) is 7.73. The molecule has 0 spiro atoms. The number of benzene rings is 2. The number of nitrogen functional groups attached to an aromatic ring is 1. The Morgan fingerprint density at radius 3 is 2.61 bits per heavy atom. The number of primary amides is 1. The molecule has 0 fully saturated rings. The Kier molecular flexibility index (Phi) is 5.58. The smallest absolute Gasteiger partial charge is 0.254 e. The summed E-state index contributed by atoms with van der Waals surface area (Å²) < 4.78 is 1.59. The van der Waals surface area contributed by atoms with Gasteiger partial charge in [0.25, 0.3) is 5.91 Å². The van der Waals surface area contributed by atoms with E-state index in [-0.39, 0.29) is 23.2 Å². The molecule has 2 amide bonds. The van der Waals surface area contributed by atoms with Crippen LogP contribution in [-0.4, -0.2) is 21.6 Å². The molecule has 1 aliphatic rings. The molecule has 7 heteroatoms. The van der Waals surface area contributed by atoms with E-state index in [4.69, 9.17) is 16.6 Å². The van der Waals surface area contributed by atoms with E-state index in [1.54, 1.807) is 10.7 Å². The van der Waals surface area contributed by atoms with Crippen LogP contribution >= 0.6 is 0 Å². The number of rotatable bonds is 6. The number of carbonyl (C=O) groups is 2. The van der Waals surface area contributed by atoms with Crippen molar-refractivity contribution < 1.29 is 9.59 Å². The van der Waals surface area contributed by atoms with E-state index in [9.17, 15) is 9.59 Å². The summed E-state index contributed by atoms with van der Waals surface area (Å²) in [4.78, 5) is 24.0. The van der Waals surface area contributed by atoms with Crippen LogP contribution in [0.15, 0.2) is 61.2 Å². The van der Waals surface area contributed by atoms with Gasteiger partial charge in [0.1, 0.15) is 11.4 Å². The van der Waals surface area contributed by atoms with Gasteiger partial charge < -0.3 is 16.8 Å². The first kappa shape index (κ1) is 20.4. The molecule has 31 heavy (non-hydrogen) atoms. The van der Waals surface area contributed by atoms with Gasteiger partial charge in [0.2, 0.25) is 5.91 Å². The molecule has 0 saturated heterocycles. The number of amides is 2. The number of nitrogens with zero attached hydrogens (tertiary/aromatic N) is 2. The Labute approximate surface area is 180 Å². The van der Waals surface area contributed by atoms with Gasteiger partial charge in [0.15, 0.2) is 0 Å². The maximum atomic E-state index is 12.3. The van der Waals surface area contributed by atoms with E-state index in [0.29, 0.717) is 17.9 Å². The van der Waals surface area contributed by atoms with Crippen molar-refractivity contribution in [2.75, 3.05) is 11.1 Å². The Morgan fingerprint density at radius 2 is 1.87 bits per heavy atom. The first-order valence-electron chi connectivity index (χ1n) is 10.2. The van der Waals surface area contributed by atoms with Gasteiger partial charge in [-0.1, -0.05) is 49.0 Å². The topological polar surface area (TPSA) is 116 Å². The van der Waals surface area contributed by atoms with E-state index in [0.717, 1.165) is 24.8 Å². The number of hydrogen-bond donors (Lipinski definition) is 3. The molecule has 158 valence electrons. The first-order valence-corrected chi connectivity index (χ1v) is 10.2. The minimum atomic E-state index is -0.578. The highest BCUT2D eigenvalue weighted by Gasteiger charge is 2.29. The summed E-state index contributed by atoms with van der Waals surface area (Å²) in [6, 6.07) is 15.7. The van der Waals surface area contributed by atoms with Gasteiger partial charge in [-0.05, 0) is 48.1 Å². The Balaban J connectivity index is 1.68. The monoisotopic (exact) mass is 415 g/mol. The Hall–Kier alpha value is -3.87. The largest absolute Gasteiger partial charge is 0.383 e. The minimum Gasteiger partial charge on any atom is -0.383 e. The Bertz CT molecular complexity index is 1160. The third-order valence-corrected chi connectivity index (χ3v) is 5.78. The van der Waals surface area contributed by atoms with Crippen LogP contribution in [0.4, 0.5) is 11.5 Å². The number of anilines is 2. The lowest BCUT2D eigenvalue weighted by Gasteiger charge is -2.23. The zero-order chi connectivity index (χ0) is 22.0. The van der Waals surface area contributed by atoms with Crippen LogP contribution < -0.4 is 16.8 Å². The molecule has 0 radical (unpaired) electrons. The van der Waals surface area contributed by atoms with Crippen molar-refractivity contribution in [1.29, 1.82) is 0 Å². The number of nitrogens with one attached hydrogen (secondary N) is 1. The third-order valence-electron chi connectivity index (χ3n) is 5.78. The molecule has 5 N–H and O–H groups in total. The van der Waals surface area contributed by atoms with Crippen LogP contribution in [-0.2, 0) is 24.2 Å². The molecular formula is C24H25N5O2. The number of hydrogen-bond acceptors (Lipinski definition) is 4. The standard InChI is InChI=1S/C24H25N5O2/c1-2-20(30)27-19-10-6-5-9-18(19)14-29-23(25)21(24(26)31)22(28-29)17-12-11-15-7-3-4-8-16(15)13-17/h2-10,17H,1,11-14,25H2,(H2,26,31)(H,27,30)/t17-/m1/s1. The van der Waals surface area contributed by atoms with Crippen molar-refractivity contribution in [3.05, 3.63) is 89.1 Å². The minimum absolute atomic E-state index is 0.0664. The van der Waals surface area contributed by atoms with Gasteiger partial charge >= 0.3 is 0 Å². The van der Waals surface area contributed by atoms with E-state index >= 15 is 0 Å². The van der Waals surface area contributed by atoms with Crippen molar-refractivity contribution in [1.82, 2.24) is 9.78 Å². The zero-order valence-corrected chi connectivity index (χ0v) is 17.2. The average Bonchev–Trinajstić information content (AvgIpc) is 3.10. The molecule has 1 aromatic heterocycles. The molecule has 1 heterocycles. The number of para-hydroxylation sites is 1. The summed E-state index contributed by atoms with van der Waals surface area (Å²) >= 11 is 0. The summed E-state index contributed by atoms with van der Waals surface area (Å²) in [5.74, 6) is -0.575. The van der Waals surface area contributed by atoms with Gasteiger partial charge in [-0.3, -0.25) is 9.59 Å². The SMILES string of the molecule is C=CC(=O)Nc1ccccc1Cn1nc([C@@H]2CCc3ccccc3C2)c(C(N)=O)c1N. The lowest BCUT2D eigenvalue weighted by molar-refractivity contribution is -0.111. The molecule has 0 aliphatic heterocycles. The van der Waals surface area contributed by atoms with Crippen LogP contribution in [0.3, 0.4) is 0 Å². The zero-order valence-electron chi connectivity index (χ0n) is 17.2. The highest BCUT2D eigenvalue weighted by Crippen LogP contribution is 2.35. The van der Waals surface area contributed by atoms with Crippen molar-refractivity contribution in [2.24, 2.45) is 5.73 Å². The van der Waals surface area contributed by atoms with Crippen LogP contribution in [0.1, 0.15) is 45.1 Å². The summed E-state index contributed by atoms with van der Waals surface area (Å²) in [5.41, 5.74) is 17.0. The lowest BCUT2D eigenvalue weighted by Crippen LogP contribution is -2.19. The van der Waals surface area contributed by atoms with E-state index < -0.39 is 5.91 Å². The summed E-state index contributed by atoms with van der Waals surface area (Å²) in [6.45, 7) is 3.78. The van der Waals surface area contributed by atoms with Crippen LogP contribution in [0, 0.1) is 0 Å². The lowest BCUT2D eigenvalue weighted by atomic mass is 9.81. The van der Waals surface area contributed by atoms with Gasteiger partial charge in [-0.2, -0.15) is 5.10 Å². The van der Waals surface area contributed by atoms with Crippen molar-refractivity contribution >= 4 is 23.3 Å². The summed E-state index contributed by atoms with van der Waals surface area (Å²) in [5, 5.41) is 7.51. The van der Waals surface area contributed by atoms with Crippen LogP contribution in [0.25, 0.3) is 0 Å². The van der Waals surface area contributed by atoms with Crippen molar-refractivity contribution in [3.8, 4) is 0 Å². The quantitative estimate of drug-likeness (QED) is 0.537. The number of nitrogens with two attached hydrogens (primary N) is 2. The van der Waals surface area contributed by atoms with Crippen LogP contribution in [0.5, 0.6) is 0 Å². The van der Waals surface area contributed by atoms with E-state index in [2.05, 4.69) is 24.0 Å². The molecule has 7 nitrogen and oxygen atoms in total. The molecular weight excluding hydrogens is 390 g/mol. The molecule has 3 aromatic rings. The highest BCUT2D eigenvalue weighted by molar-refractivity contribution is 6.00. The number of aromatic nitrogens is 2. The molecule has 0 saturated carbocycles. The normalized spacial score (nSPS) is 15.2. The second kappa shape index (κ2) is 8.47. The average molecular weight is 415 g/mol. The fourth-order valence-electron chi connectivity index (χ4n) is 4.21. The van der Waals surface area contributed by atoms with Gasteiger partial charge in [0, 0.05) is 11.6 Å². The third kappa shape index (κ3) is 4.07. The molecule has 2 aromatic carbocycles. The molecule has 0 bridgehead atoms. The summed E-state index contributed by atoms with van der Waals surface area (Å²) in [6.07, 6.45) is 3.80. The number of aryl methyl sites for hydroxylation is 1. The molecule has 1 aliphatic carbocycles. The first-order chi connectivity index (χ1) is 15.0. The second-order valence-electron chi connectivity index (χ2n) is 7.73. The van der Waals surface area contributed by atoms with Crippen LogP contribution in [0.2, 0.25) is 0 Å².